The fraction of sp³-hybridized carbons (Fsp3) is 0.333. The van der Waals surface area contributed by atoms with Crippen molar-refractivity contribution in [3.05, 3.63) is 53.0 Å². The molecule has 1 unspecified atom stereocenters. The molecule has 1 N–H and O–H groups in total. The third-order valence-electron chi connectivity index (χ3n) is 3.43. The lowest BCUT2D eigenvalue weighted by Gasteiger charge is -2.14. The summed E-state index contributed by atoms with van der Waals surface area (Å²) < 4.78 is 11.0. The van der Waals surface area contributed by atoms with Gasteiger partial charge in [0.15, 0.2) is 0 Å². The number of ether oxygens (including phenoxy) is 1. The summed E-state index contributed by atoms with van der Waals surface area (Å²) in [5, 5.41) is 10.5. The van der Waals surface area contributed by atoms with Crippen molar-refractivity contribution in [1.82, 2.24) is 0 Å². The molecule has 0 aliphatic carbocycles. The Hall–Kier alpha value is -1.74. The molecule has 1 aliphatic rings. The van der Waals surface area contributed by atoms with E-state index in [1.807, 2.05) is 25.1 Å². The van der Waals surface area contributed by atoms with Crippen LogP contribution in [0.25, 0.3) is 0 Å². The fourth-order valence-corrected chi connectivity index (χ4v) is 2.51. The summed E-state index contributed by atoms with van der Waals surface area (Å²) in [6.45, 7) is 2.71. The summed E-state index contributed by atoms with van der Waals surface area (Å²) in [5.74, 6) is 1.67. The van der Waals surface area contributed by atoms with Crippen molar-refractivity contribution >= 4 is 0 Å². The molecule has 1 atom stereocenters. The van der Waals surface area contributed by atoms with E-state index >= 15 is 0 Å². The molecule has 3 heteroatoms. The Labute approximate surface area is 106 Å². The summed E-state index contributed by atoms with van der Waals surface area (Å²) in [7, 11) is 0. The number of benzene rings is 1. The zero-order valence-corrected chi connectivity index (χ0v) is 10.3. The minimum Gasteiger partial charge on any atom is -0.493 e. The predicted molar refractivity (Wildman–Crippen MR) is 67.8 cm³/mol. The molecule has 0 saturated heterocycles. The highest BCUT2D eigenvalue weighted by molar-refractivity contribution is 5.48. The Bertz CT molecular complexity index is 557. The number of para-hydroxylation sites is 1. The van der Waals surface area contributed by atoms with Crippen molar-refractivity contribution in [1.29, 1.82) is 0 Å². The summed E-state index contributed by atoms with van der Waals surface area (Å²) in [6, 6.07) is 7.77. The maximum absolute atomic E-state index is 10.5. The summed E-state index contributed by atoms with van der Waals surface area (Å²) in [6.07, 6.45) is 2.64. The molecule has 3 rings (SSSR count). The van der Waals surface area contributed by atoms with Crippen LogP contribution in [0.5, 0.6) is 5.75 Å². The van der Waals surface area contributed by atoms with Gasteiger partial charge in [0.2, 0.25) is 0 Å². The molecule has 1 aliphatic heterocycles. The van der Waals surface area contributed by atoms with Crippen LogP contribution < -0.4 is 4.74 Å². The highest BCUT2D eigenvalue weighted by atomic mass is 16.5. The van der Waals surface area contributed by atoms with E-state index in [1.54, 1.807) is 6.26 Å². The van der Waals surface area contributed by atoms with E-state index in [1.165, 1.54) is 5.56 Å². The third-order valence-corrected chi connectivity index (χ3v) is 3.43. The standard InChI is InChI=1S/C15H16O3/c1-2-13-11(7-9-17-13)14(16)12-5-3-4-10-6-8-18-15(10)12/h3-5,7,9,14,16H,2,6,8H2,1H3. The fourth-order valence-electron chi connectivity index (χ4n) is 2.51. The van der Waals surface area contributed by atoms with Crippen LogP contribution in [-0.2, 0) is 12.8 Å². The van der Waals surface area contributed by atoms with Crippen LogP contribution in [0.2, 0.25) is 0 Å². The molecule has 0 bridgehead atoms. The Morgan fingerprint density at radius 2 is 2.17 bits per heavy atom. The third kappa shape index (κ3) is 1.71. The summed E-state index contributed by atoms with van der Waals surface area (Å²) in [5.41, 5.74) is 2.84. The van der Waals surface area contributed by atoms with E-state index in [0.29, 0.717) is 6.61 Å². The second kappa shape index (κ2) is 4.50. The second-order valence-electron chi connectivity index (χ2n) is 4.49. The highest BCUT2D eigenvalue weighted by Crippen LogP contribution is 2.37. The molecule has 1 aromatic carbocycles. The smallest absolute Gasteiger partial charge is 0.128 e. The molecule has 0 spiro atoms. The maximum atomic E-state index is 10.5. The number of rotatable bonds is 3. The van der Waals surface area contributed by atoms with Crippen molar-refractivity contribution in [3.8, 4) is 5.75 Å². The Morgan fingerprint density at radius 1 is 1.28 bits per heavy atom. The van der Waals surface area contributed by atoms with E-state index in [2.05, 4.69) is 6.07 Å². The molecule has 0 radical (unpaired) electrons. The number of hydrogen-bond acceptors (Lipinski definition) is 3. The van der Waals surface area contributed by atoms with Crippen LogP contribution >= 0.6 is 0 Å². The van der Waals surface area contributed by atoms with Crippen LogP contribution in [-0.4, -0.2) is 11.7 Å². The van der Waals surface area contributed by atoms with Gasteiger partial charge in [-0.25, -0.2) is 0 Å². The lowest BCUT2D eigenvalue weighted by molar-refractivity contribution is 0.211. The second-order valence-corrected chi connectivity index (χ2v) is 4.49. The number of hydrogen-bond donors (Lipinski definition) is 1. The molecule has 3 nitrogen and oxygen atoms in total. The van der Waals surface area contributed by atoms with Crippen LogP contribution in [0.1, 0.15) is 35.5 Å². The quantitative estimate of drug-likeness (QED) is 0.902. The minimum absolute atomic E-state index is 0.674. The lowest BCUT2D eigenvalue weighted by Crippen LogP contribution is -2.03. The molecule has 0 fully saturated rings. The molecule has 18 heavy (non-hydrogen) atoms. The molecule has 1 aromatic heterocycles. The first-order chi connectivity index (χ1) is 8.81. The Morgan fingerprint density at radius 3 is 3.00 bits per heavy atom. The largest absolute Gasteiger partial charge is 0.493 e. The molecule has 2 aromatic rings. The van der Waals surface area contributed by atoms with Gasteiger partial charge in [-0.15, -0.1) is 0 Å². The van der Waals surface area contributed by atoms with E-state index in [0.717, 1.165) is 35.5 Å². The Balaban J connectivity index is 2.03. The zero-order chi connectivity index (χ0) is 12.5. The predicted octanol–water partition coefficient (Wildman–Crippen LogP) is 2.86. The zero-order valence-electron chi connectivity index (χ0n) is 10.3. The number of furan rings is 1. The number of aryl methyl sites for hydroxylation is 1. The monoisotopic (exact) mass is 244 g/mol. The summed E-state index contributed by atoms with van der Waals surface area (Å²) in [4.78, 5) is 0. The number of fused-ring (bicyclic) bond motifs is 1. The number of aliphatic hydroxyl groups excluding tert-OH is 1. The van der Waals surface area contributed by atoms with E-state index < -0.39 is 6.10 Å². The van der Waals surface area contributed by atoms with Crippen LogP contribution in [0, 0.1) is 0 Å². The average molecular weight is 244 g/mol. The molecule has 0 saturated carbocycles. The van der Waals surface area contributed by atoms with E-state index in [-0.39, 0.29) is 0 Å². The van der Waals surface area contributed by atoms with E-state index in [9.17, 15) is 5.11 Å². The van der Waals surface area contributed by atoms with Crippen molar-refractivity contribution in [2.24, 2.45) is 0 Å². The normalized spacial score (nSPS) is 15.2. The number of aliphatic hydroxyl groups is 1. The van der Waals surface area contributed by atoms with Gasteiger partial charge in [-0.2, -0.15) is 0 Å². The molecule has 94 valence electrons. The molecular weight excluding hydrogens is 228 g/mol. The van der Waals surface area contributed by atoms with Crippen molar-refractivity contribution in [3.63, 3.8) is 0 Å². The van der Waals surface area contributed by atoms with Gasteiger partial charge in [-0.3, -0.25) is 0 Å². The molecule has 0 amide bonds. The van der Waals surface area contributed by atoms with Crippen LogP contribution in [0.3, 0.4) is 0 Å². The van der Waals surface area contributed by atoms with Gasteiger partial charge < -0.3 is 14.3 Å². The van der Waals surface area contributed by atoms with E-state index in [4.69, 9.17) is 9.15 Å². The first kappa shape index (κ1) is 11.4. The minimum atomic E-state index is -0.674. The van der Waals surface area contributed by atoms with Crippen molar-refractivity contribution in [2.45, 2.75) is 25.9 Å². The van der Waals surface area contributed by atoms with Crippen molar-refractivity contribution < 1.29 is 14.3 Å². The first-order valence-electron chi connectivity index (χ1n) is 6.30. The van der Waals surface area contributed by atoms with Gasteiger partial charge in [-0.1, -0.05) is 25.1 Å². The topological polar surface area (TPSA) is 42.6 Å². The molecule has 2 heterocycles. The summed E-state index contributed by atoms with van der Waals surface area (Å²) >= 11 is 0. The SMILES string of the molecule is CCc1occc1C(O)c1cccc2c1OCC2. The van der Waals surface area contributed by atoms with Crippen molar-refractivity contribution in [2.75, 3.05) is 6.61 Å². The van der Waals surface area contributed by atoms with Gasteiger partial charge in [0.25, 0.3) is 0 Å². The van der Waals surface area contributed by atoms with Crippen LogP contribution in [0.15, 0.2) is 34.9 Å². The van der Waals surface area contributed by atoms with Gasteiger partial charge in [-0.05, 0) is 11.6 Å². The van der Waals surface area contributed by atoms with Gasteiger partial charge in [0, 0.05) is 24.0 Å². The van der Waals surface area contributed by atoms with Gasteiger partial charge >= 0.3 is 0 Å². The highest BCUT2D eigenvalue weighted by Gasteiger charge is 2.24. The maximum Gasteiger partial charge on any atom is 0.128 e. The first-order valence-corrected chi connectivity index (χ1v) is 6.30. The lowest BCUT2D eigenvalue weighted by atomic mass is 9.98. The molecular formula is C15H16O3. The van der Waals surface area contributed by atoms with Gasteiger partial charge in [0.05, 0.1) is 12.9 Å². The Kier molecular flexibility index (Phi) is 2.84. The van der Waals surface area contributed by atoms with Gasteiger partial charge in [0.1, 0.15) is 17.6 Å². The average Bonchev–Trinajstić information content (AvgIpc) is 3.05. The van der Waals surface area contributed by atoms with Crippen LogP contribution in [0.4, 0.5) is 0 Å².